The molecule has 4 rings (SSSR count). The first-order valence-electron chi connectivity index (χ1n) is 20.3. The van der Waals surface area contributed by atoms with Gasteiger partial charge in [0.25, 0.3) is 0 Å². The number of cyclic esters (lactones) is 1. The summed E-state index contributed by atoms with van der Waals surface area (Å²) in [7, 11) is 6.27. The van der Waals surface area contributed by atoms with Gasteiger partial charge in [0, 0.05) is 53.3 Å². The molecule has 0 fully saturated rings. The average molecular weight is 837 g/mol. The summed E-state index contributed by atoms with van der Waals surface area (Å²) in [5, 5.41) is 10.8. The van der Waals surface area contributed by atoms with Gasteiger partial charge >= 0.3 is 5.97 Å². The summed E-state index contributed by atoms with van der Waals surface area (Å²) in [5.41, 5.74) is 1.07. The van der Waals surface area contributed by atoms with Gasteiger partial charge in [-0.15, -0.1) is 0 Å². The van der Waals surface area contributed by atoms with Gasteiger partial charge in [0.1, 0.15) is 42.5 Å². The summed E-state index contributed by atoms with van der Waals surface area (Å²) in [4.78, 5) is 65.5. The van der Waals surface area contributed by atoms with Crippen molar-refractivity contribution in [2.45, 2.75) is 110 Å². The van der Waals surface area contributed by atoms with E-state index in [0.717, 1.165) is 0 Å². The van der Waals surface area contributed by atoms with Crippen LogP contribution < -0.4 is 0 Å². The van der Waals surface area contributed by atoms with E-state index in [0.29, 0.717) is 67.9 Å². The fraction of sp³-hybridized carbons (Fsp3) is 0.568. The second-order valence-corrected chi connectivity index (χ2v) is 15.5. The zero-order valence-electron chi connectivity index (χ0n) is 35.9. The van der Waals surface area contributed by atoms with Crippen LogP contribution in [0.15, 0.2) is 62.5 Å². The van der Waals surface area contributed by atoms with Crippen LogP contribution in [-0.4, -0.2) is 102 Å². The SMILES string of the molecule is COC(CC1OC(=O)CC(O)C/C=C\C(=O)C(C)C(OC)c2coc(n2)-c2coc(n2)-c2coc(n2)/C=C\CCC1C)C(C)CCC(=O)C(C)C(C/C=C/N(C)C=O)OC. The predicted octanol–water partition coefficient (Wildman–Crippen LogP) is 6.96. The minimum Gasteiger partial charge on any atom is -0.462 e. The lowest BCUT2D eigenvalue weighted by Crippen LogP contribution is -2.34. The van der Waals surface area contributed by atoms with Gasteiger partial charge in [0.15, 0.2) is 17.2 Å². The molecule has 6 bridgehead atoms. The van der Waals surface area contributed by atoms with Crippen molar-refractivity contribution < 1.29 is 56.5 Å². The Hall–Kier alpha value is -5.03. The van der Waals surface area contributed by atoms with E-state index in [4.69, 9.17) is 32.2 Å². The maximum Gasteiger partial charge on any atom is 0.308 e. The number of rotatable bonds is 15. The standard InChI is InChI=1S/C44H60N4O12/c1-27-13-9-10-17-40-45-33(24-57-40)43-47-34(25-59-43)44-46-32(23-58-44)42(56-8)30(4)35(51)15-11-14-31(50)21-41(53)60-39(27)22-38(55-7)28(2)18-19-36(52)29(3)37(54-6)16-12-20-48(5)26-49/h10-12,15,17,20,23-31,37-39,42,50H,9,13-14,16,18-19,21-22H2,1-8H3/b15-11-,17-10-,20-12+. The maximum absolute atomic E-state index is 13.3. The van der Waals surface area contributed by atoms with E-state index in [1.807, 2.05) is 26.8 Å². The molecular weight excluding hydrogens is 776 g/mol. The Morgan fingerprint density at radius 2 is 1.67 bits per heavy atom. The number of carbonyl (C=O) groups excluding carboxylic acids is 4. The first-order chi connectivity index (χ1) is 28.8. The quantitative estimate of drug-likeness (QED) is 0.121. The van der Waals surface area contributed by atoms with E-state index in [1.165, 1.54) is 43.0 Å². The molecule has 1 amide bonds. The third-order valence-electron chi connectivity index (χ3n) is 11.0. The molecule has 3 aromatic heterocycles. The number of fused-ring (bicyclic) bond motifs is 8. The molecule has 9 unspecified atom stereocenters. The zero-order chi connectivity index (χ0) is 43.8. The number of ether oxygens (including phenoxy) is 4. The Morgan fingerprint density at radius 1 is 0.967 bits per heavy atom. The normalized spacial score (nSPS) is 24.1. The van der Waals surface area contributed by atoms with Crippen LogP contribution in [0.3, 0.4) is 0 Å². The number of allylic oxidation sites excluding steroid dienone is 2. The highest BCUT2D eigenvalue weighted by atomic mass is 16.5. The summed E-state index contributed by atoms with van der Waals surface area (Å²) in [6.07, 6.45) is 14.5. The third-order valence-corrected chi connectivity index (χ3v) is 11.0. The molecule has 3 aromatic rings. The maximum atomic E-state index is 13.3. The van der Waals surface area contributed by atoms with Gasteiger partial charge in [-0.2, -0.15) is 0 Å². The minimum atomic E-state index is -1.10. The lowest BCUT2D eigenvalue weighted by Gasteiger charge is -2.31. The Balaban J connectivity index is 1.48. The van der Waals surface area contributed by atoms with Gasteiger partial charge < -0.3 is 42.2 Å². The molecule has 1 N–H and O–H groups in total. The first-order valence-corrected chi connectivity index (χ1v) is 20.3. The molecule has 0 radical (unpaired) electrons. The van der Waals surface area contributed by atoms with Crippen molar-refractivity contribution in [2.24, 2.45) is 23.7 Å². The summed E-state index contributed by atoms with van der Waals surface area (Å²) >= 11 is 0. The first kappa shape index (κ1) is 47.6. The number of aliphatic hydroxyl groups is 1. The number of nitrogens with zero attached hydrogens (tertiary/aromatic N) is 4. The number of aromatic nitrogens is 3. The molecule has 0 saturated carbocycles. The molecule has 60 heavy (non-hydrogen) atoms. The van der Waals surface area contributed by atoms with Crippen molar-refractivity contribution in [3.63, 3.8) is 0 Å². The smallest absolute Gasteiger partial charge is 0.308 e. The van der Waals surface area contributed by atoms with Crippen LogP contribution in [0.1, 0.15) is 96.8 Å². The van der Waals surface area contributed by atoms with Crippen molar-refractivity contribution >= 4 is 30.0 Å². The summed E-state index contributed by atoms with van der Waals surface area (Å²) < 4.78 is 40.2. The molecule has 328 valence electrons. The van der Waals surface area contributed by atoms with Crippen LogP contribution in [0.4, 0.5) is 0 Å². The van der Waals surface area contributed by atoms with Crippen molar-refractivity contribution in [3.05, 3.63) is 60.9 Å². The number of Topliss-reactive ketones (excluding diaryl/α,β-unsaturated/α-hetero) is 1. The number of amides is 1. The minimum absolute atomic E-state index is 0.0431. The van der Waals surface area contributed by atoms with Gasteiger partial charge in [-0.05, 0) is 56.1 Å². The van der Waals surface area contributed by atoms with Crippen LogP contribution in [0.5, 0.6) is 0 Å². The van der Waals surface area contributed by atoms with Gasteiger partial charge in [-0.1, -0.05) is 45.9 Å². The monoisotopic (exact) mass is 836 g/mol. The lowest BCUT2D eigenvalue weighted by atomic mass is 9.86. The number of hydrogen-bond acceptors (Lipinski definition) is 15. The van der Waals surface area contributed by atoms with Gasteiger partial charge in [-0.3, -0.25) is 19.2 Å². The second-order valence-electron chi connectivity index (χ2n) is 15.5. The Labute approximate surface area is 351 Å². The molecule has 4 heterocycles. The van der Waals surface area contributed by atoms with Crippen LogP contribution in [0, 0.1) is 23.7 Å². The number of hydrogen-bond donors (Lipinski definition) is 1. The number of oxazole rings is 3. The second kappa shape index (κ2) is 23.7. The molecule has 1 aliphatic heterocycles. The largest absolute Gasteiger partial charge is 0.462 e. The Kier molecular flexibility index (Phi) is 18.8. The number of aliphatic hydroxyl groups excluding tert-OH is 1. The van der Waals surface area contributed by atoms with Crippen LogP contribution >= 0.6 is 0 Å². The highest BCUT2D eigenvalue weighted by Gasteiger charge is 2.31. The van der Waals surface area contributed by atoms with Gasteiger partial charge in [0.05, 0.1) is 30.7 Å². The van der Waals surface area contributed by atoms with E-state index in [-0.39, 0.29) is 66.2 Å². The molecule has 0 aromatic carbocycles. The van der Waals surface area contributed by atoms with Crippen molar-refractivity contribution in [2.75, 3.05) is 28.4 Å². The summed E-state index contributed by atoms with van der Waals surface area (Å²) in [6.45, 7) is 7.54. The van der Waals surface area contributed by atoms with E-state index >= 15 is 0 Å². The lowest BCUT2D eigenvalue weighted by molar-refractivity contribution is -0.156. The summed E-state index contributed by atoms with van der Waals surface area (Å²) in [6, 6.07) is 0. The molecule has 1 aliphatic rings. The number of ketones is 2. The Morgan fingerprint density at radius 3 is 2.38 bits per heavy atom. The van der Waals surface area contributed by atoms with E-state index in [1.54, 1.807) is 46.5 Å². The van der Waals surface area contributed by atoms with Crippen LogP contribution in [0.2, 0.25) is 0 Å². The number of carbonyl (C=O) groups is 4. The molecule has 0 spiro atoms. The molecular formula is C44H60N4O12. The fourth-order valence-electron chi connectivity index (χ4n) is 7.01. The van der Waals surface area contributed by atoms with Crippen molar-refractivity contribution in [1.82, 2.24) is 19.9 Å². The topological polar surface area (TPSA) is 207 Å². The molecule has 16 nitrogen and oxygen atoms in total. The van der Waals surface area contributed by atoms with Crippen molar-refractivity contribution in [1.29, 1.82) is 0 Å². The molecule has 0 aliphatic carbocycles. The van der Waals surface area contributed by atoms with E-state index < -0.39 is 30.2 Å². The summed E-state index contributed by atoms with van der Waals surface area (Å²) in [5.74, 6) is -1.32. The van der Waals surface area contributed by atoms with Gasteiger partial charge in [-0.25, -0.2) is 15.0 Å². The van der Waals surface area contributed by atoms with Crippen LogP contribution in [-0.2, 0) is 38.1 Å². The number of esters is 1. The third kappa shape index (κ3) is 13.8. The average Bonchev–Trinajstić information content (AvgIpc) is 4.03. The highest BCUT2D eigenvalue weighted by Crippen LogP contribution is 2.31. The predicted molar refractivity (Wildman–Crippen MR) is 219 cm³/mol. The zero-order valence-corrected chi connectivity index (χ0v) is 35.9. The highest BCUT2D eigenvalue weighted by molar-refractivity contribution is 5.92. The number of methoxy groups -OCH3 is 3. The van der Waals surface area contributed by atoms with Crippen molar-refractivity contribution in [3.8, 4) is 23.2 Å². The Bertz CT molecular complexity index is 1910. The molecule has 16 heteroatoms. The molecule has 0 saturated heterocycles. The van der Waals surface area contributed by atoms with Gasteiger partial charge in [0.2, 0.25) is 24.1 Å². The van der Waals surface area contributed by atoms with E-state index in [9.17, 15) is 24.3 Å². The molecule has 9 atom stereocenters. The van der Waals surface area contributed by atoms with E-state index in [2.05, 4.69) is 15.0 Å². The van der Waals surface area contributed by atoms with Crippen LogP contribution in [0.25, 0.3) is 29.2 Å². The fourth-order valence-corrected chi connectivity index (χ4v) is 7.01.